The van der Waals surface area contributed by atoms with Gasteiger partial charge in [0.25, 0.3) is 0 Å². The molecule has 1 heterocycles. The zero-order chi connectivity index (χ0) is 18.3. The van der Waals surface area contributed by atoms with Crippen LogP contribution in [0.1, 0.15) is 47.7 Å². The number of ketones is 2. The highest BCUT2D eigenvalue weighted by molar-refractivity contribution is 6.47. The average molecular weight is 348 g/mol. The number of hydrogen-bond donors (Lipinski definition) is 1. The Hall–Kier alpha value is -2.40. The molecule has 5 heteroatoms. The number of fused-ring (bicyclic) bond motifs is 1. The smallest absolute Gasteiger partial charge is 0.526 e. The molecule has 0 saturated heterocycles. The van der Waals surface area contributed by atoms with E-state index in [1.165, 1.54) is 6.92 Å². The topological polar surface area (TPSA) is 63.6 Å². The highest BCUT2D eigenvalue weighted by atomic mass is 16.5. The first-order chi connectivity index (χ1) is 12.5. The Labute approximate surface area is 153 Å². The second-order valence-corrected chi connectivity index (χ2v) is 7.40. The van der Waals surface area contributed by atoms with Crippen LogP contribution in [0.5, 0.6) is 5.75 Å². The number of carbonyl (C=O) groups is 2. The summed E-state index contributed by atoms with van der Waals surface area (Å²) in [6.45, 7) is 1.48. The molecule has 0 unspecified atom stereocenters. The Morgan fingerprint density at radius 2 is 1.88 bits per heavy atom. The summed E-state index contributed by atoms with van der Waals surface area (Å²) in [4.78, 5) is 24.8. The normalized spacial score (nSPS) is 20.1. The van der Waals surface area contributed by atoms with Gasteiger partial charge >= 0.3 is 7.12 Å². The third-order valence-corrected chi connectivity index (χ3v) is 5.66. The van der Waals surface area contributed by atoms with Gasteiger partial charge in [-0.25, -0.2) is 0 Å². The lowest BCUT2D eigenvalue weighted by molar-refractivity contribution is -0.121. The maximum absolute atomic E-state index is 13.0. The molecule has 1 saturated carbocycles. The van der Waals surface area contributed by atoms with E-state index in [1.807, 2.05) is 42.5 Å². The fraction of sp³-hybridized carbons (Fsp3) is 0.333. The molecule has 132 valence electrons. The second kappa shape index (κ2) is 6.40. The minimum Gasteiger partial charge on any atom is -0.535 e. The van der Waals surface area contributed by atoms with E-state index in [-0.39, 0.29) is 29.2 Å². The Bertz CT molecular complexity index is 858. The molecule has 1 atom stereocenters. The Kier molecular flexibility index (Phi) is 4.19. The maximum atomic E-state index is 13.0. The van der Waals surface area contributed by atoms with E-state index < -0.39 is 7.12 Å². The van der Waals surface area contributed by atoms with Gasteiger partial charge in [-0.1, -0.05) is 42.5 Å². The first-order valence-electron chi connectivity index (χ1n) is 9.08. The summed E-state index contributed by atoms with van der Waals surface area (Å²) in [6, 6.07) is 15.3. The summed E-state index contributed by atoms with van der Waals surface area (Å²) >= 11 is 0. The maximum Gasteiger partial charge on any atom is 0.526 e. The van der Waals surface area contributed by atoms with E-state index in [9.17, 15) is 14.6 Å². The van der Waals surface area contributed by atoms with Crippen molar-refractivity contribution in [1.82, 2.24) is 0 Å². The molecule has 0 spiro atoms. The molecule has 4 rings (SSSR count). The molecule has 26 heavy (non-hydrogen) atoms. The van der Waals surface area contributed by atoms with Crippen molar-refractivity contribution in [1.29, 1.82) is 0 Å². The minimum atomic E-state index is -1.07. The zero-order valence-electron chi connectivity index (χ0n) is 14.8. The number of benzene rings is 2. The van der Waals surface area contributed by atoms with E-state index >= 15 is 0 Å². The Morgan fingerprint density at radius 1 is 1.15 bits per heavy atom. The van der Waals surface area contributed by atoms with Crippen molar-refractivity contribution >= 4 is 18.7 Å². The minimum absolute atomic E-state index is 0.0930. The highest BCUT2D eigenvalue weighted by Crippen LogP contribution is 2.51. The van der Waals surface area contributed by atoms with E-state index in [0.29, 0.717) is 17.7 Å². The van der Waals surface area contributed by atoms with Crippen LogP contribution in [0.2, 0.25) is 5.82 Å². The van der Waals surface area contributed by atoms with Crippen LogP contribution < -0.4 is 4.65 Å². The van der Waals surface area contributed by atoms with Gasteiger partial charge in [0.05, 0.1) is 11.0 Å². The van der Waals surface area contributed by atoms with Crippen LogP contribution in [-0.4, -0.2) is 23.7 Å². The molecule has 1 aliphatic heterocycles. The van der Waals surface area contributed by atoms with Gasteiger partial charge in [0.15, 0.2) is 5.78 Å². The highest BCUT2D eigenvalue weighted by Gasteiger charge is 2.52. The molecule has 2 aliphatic rings. The van der Waals surface area contributed by atoms with Crippen molar-refractivity contribution in [3.8, 4) is 5.75 Å². The summed E-state index contributed by atoms with van der Waals surface area (Å²) in [5.74, 6) is 0.242. The number of carbonyl (C=O) groups excluding carboxylic acids is 2. The molecule has 1 fully saturated rings. The molecule has 0 aromatic heterocycles. The monoisotopic (exact) mass is 348 g/mol. The summed E-state index contributed by atoms with van der Waals surface area (Å²) in [5, 5.41) is 10.4. The SMILES string of the molecule is CC(=O)c1cccc2c1OB(O)[C@@H](CC(=O)C1(c3ccccc3)CC1)C2. The quantitative estimate of drug-likeness (QED) is 0.665. The van der Waals surface area contributed by atoms with Crippen LogP contribution in [0.25, 0.3) is 0 Å². The molecule has 0 radical (unpaired) electrons. The summed E-state index contributed by atoms with van der Waals surface area (Å²) < 4.78 is 5.66. The lowest BCUT2D eigenvalue weighted by Gasteiger charge is -2.29. The molecule has 1 N–H and O–H groups in total. The van der Waals surface area contributed by atoms with Crippen LogP contribution in [0.15, 0.2) is 48.5 Å². The van der Waals surface area contributed by atoms with Crippen molar-refractivity contribution in [2.24, 2.45) is 0 Å². The van der Waals surface area contributed by atoms with Gasteiger partial charge in [0.2, 0.25) is 0 Å². The van der Waals surface area contributed by atoms with E-state index in [0.717, 1.165) is 24.0 Å². The Balaban J connectivity index is 1.54. The summed E-state index contributed by atoms with van der Waals surface area (Å²) in [5.41, 5.74) is 2.04. The third kappa shape index (κ3) is 2.86. The number of para-hydroxylation sites is 1. The van der Waals surface area contributed by atoms with Crippen LogP contribution in [0, 0.1) is 0 Å². The largest absolute Gasteiger partial charge is 0.535 e. The van der Waals surface area contributed by atoms with Crippen molar-refractivity contribution in [3.63, 3.8) is 0 Å². The predicted octanol–water partition coefficient (Wildman–Crippen LogP) is 3.37. The second-order valence-electron chi connectivity index (χ2n) is 7.40. The molecule has 1 aliphatic carbocycles. The van der Waals surface area contributed by atoms with Crippen molar-refractivity contribution in [2.75, 3.05) is 0 Å². The van der Waals surface area contributed by atoms with Crippen LogP contribution in [0.3, 0.4) is 0 Å². The fourth-order valence-corrected chi connectivity index (χ4v) is 3.98. The molecular formula is C21H21BO4. The van der Waals surface area contributed by atoms with E-state index in [4.69, 9.17) is 4.65 Å². The van der Waals surface area contributed by atoms with Gasteiger partial charge in [0, 0.05) is 12.2 Å². The summed E-state index contributed by atoms with van der Waals surface area (Å²) in [7, 11) is -1.07. The lowest BCUT2D eigenvalue weighted by atomic mass is 9.63. The zero-order valence-corrected chi connectivity index (χ0v) is 14.8. The van der Waals surface area contributed by atoms with Gasteiger partial charge in [-0.2, -0.15) is 0 Å². The predicted molar refractivity (Wildman–Crippen MR) is 99.5 cm³/mol. The van der Waals surface area contributed by atoms with E-state index in [1.54, 1.807) is 6.07 Å². The van der Waals surface area contributed by atoms with Gasteiger partial charge in [-0.05, 0) is 43.4 Å². The number of Topliss-reactive ketones (excluding diaryl/α,β-unsaturated/α-hetero) is 2. The van der Waals surface area contributed by atoms with Crippen LogP contribution in [0.4, 0.5) is 0 Å². The Morgan fingerprint density at radius 3 is 2.54 bits per heavy atom. The first-order valence-corrected chi connectivity index (χ1v) is 9.08. The van der Waals surface area contributed by atoms with E-state index in [2.05, 4.69) is 0 Å². The van der Waals surface area contributed by atoms with Gasteiger partial charge < -0.3 is 9.68 Å². The first kappa shape index (κ1) is 17.0. The van der Waals surface area contributed by atoms with Crippen LogP contribution >= 0.6 is 0 Å². The van der Waals surface area contributed by atoms with Gasteiger partial charge in [0.1, 0.15) is 11.5 Å². The number of rotatable bonds is 5. The summed E-state index contributed by atoms with van der Waals surface area (Å²) in [6.07, 6.45) is 2.54. The molecule has 0 amide bonds. The van der Waals surface area contributed by atoms with Crippen molar-refractivity contribution < 1.29 is 19.3 Å². The van der Waals surface area contributed by atoms with Gasteiger partial charge in [-0.15, -0.1) is 0 Å². The molecule has 0 bridgehead atoms. The average Bonchev–Trinajstić information content (AvgIpc) is 3.44. The van der Waals surface area contributed by atoms with Gasteiger partial charge in [-0.3, -0.25) is 9.59 Å². The third-order valence-electron chi connectivity index (χ3n) is 5.66. The van der Waals surface area contributed by atoms with Crippen molar-refractivity contribution in [3.05, 3.63) is 65.2 Å². The fourth-order valence-electron chi connectivity index (χ4n) is 3.98. The standard InChI is InChI=1S/C21H21BO4/c1-14(23)18-9-5-6-15-12-17(22(25)26-20(15)18)13-19(24)21(10-11-21)16-7-3-2-4-8-16/h2-9,17,25H,10-13H2,1H3/t17-/m1/s1. The van der Waals surface area contributed by atoms with Crippen LogP contribution in [-0.2, 0) is 16.6 Å². The molecular weight excluding hydrogens is 327 g/mol. The molecule has 2 aromatic rings. The lowest BCUT2D eigenvalue weighted by Crippen LogP contribution is -2.37. The number of hydrogen-bond acceptors (Lipinski definition) is 4. The molecule has 2 aromatic carbocycles. The van der Waals surface area contributed by atoms with Crippen molar-refractivity contribution in [2.45, 2.75) is 43.8 Å². The molecule has 4 nitrogen and oxygen atoms in total.